The highest BCUT2D eigenvalue weighted by atomic mass is 35.5. The number of esters is 1. The summed E-state index contributed by atoms with van der Waals surface area (Å²) in [6.45, 7) is 0.530. The normalized spacial score (nSPS) is 18.5. The molecule has 0 N–H and O–H groups in total. The van der Waals surface area contributed by atoms with Crippen molar-refractivity contribution in [2.45, 2.75) is 18.9 Å². The van der Waals surface area contributed by atoms with E-state index in [9.17, 15) is 9.59 Å². The second-order valence-corrected chi connectivity index (χ2v) is 5.21. The number of carbonyl (C=O) groups excluding carboxylic acids is 2. The molecule has 0 unspecified atom stereocenters. The smallest absolute Gasteiger partial charge is 0.328 e. The molecule has 1 aromatic rings. The highest BCUT2D eigenvalue weighted by Gasteiger charge is 2.35. The maximum atomic E-state index is 12.4. The number of nitrogens with zero attached hydrogens (tertiary/aromatic N) is 1. The minimum Gasteiger partial charge on any atom is -0.467 e. The van der Waals surface area contributed by atoms with E-state index in [-0.39, 0.29) is 11.9 Å². The third-order valence-corrected chi connectivity index (χ3v) is 3.53. The quantitative estimate of drug-likeness (QED) is 0.789. The number of rotatable bonds is 2. The van der Waals surface area contributed by atoms with Crippen LogP contribution in [0.5, 0.6) is 0 Å². The van der Waals surface area contributed by atoms with E-state index in [4.69, 9.17) is 27.9 Å². The number of likely N-dealkylation sites (tertiary alicyclic amines) is 1. The summed E-state index contributed by atoms with van der Waals surface area (Å²) in [7, 11) is 1.32. The third-order valence-electron chi connectivity index (χ3n) is 3.10. The van der Waals surface area contributed by atoms with E-state index in [1.807, 2.05) is 0 Å². The van der Waals surface area contributed by atoms with Gasteiger partial charge in [0, 0.05) is 22.2 Å². The van der Waals surface area contributed by atoms with Gasteiger partial charge >= 0.3 is 5.97 Å². The summed E-state index contributed by atoms with van der Waals surface area (Å²) in [5.74, 6) is -0.642. The Hall–Kier alpha value is -1.26. The molecule has 1 heterocycles. The van der Waals surface area contributed by atoms with Crippen LogP contribution in [0.25, 0.3) is 0 Å². The van der Waals surface area contributed by atoms with Gasteiger partial charge in [-0.05, 0) is 31.0 Å². The summed E-state index contributed by atoms with van der Waals surface area (Å²) in [4.78, 5) is 25.5. The van der Waals surface area contributed by atoms with Crippen LogP contribution in [0.15, 0.2) is 18.2 Å². The van der Waals surface area contributed by atoms with Crippen LogP contribution < -0.4 is 0 Å². The molecular formula is C13H13Cl2NO3. The molecule has 0 aromatic heterocycles. The molecule has 102 valence electrons. The number of carbonyl (C=O) groups is 2. The molecule has 19 heavy (non-hydrogen) atoms. The Morgan fingerprint density at radius 1 is 1.26 bits per heavy atom. The van der Waals surface area contributed by atoms with Gasteiger partial charge in [-0.15, -0.1) is 0 Å². The summed E-state index contributed by atoms with van der Waals surface area (Å²) >= 11 is 11.8. The van der Waals surface area contributed by atoms with Crippen molar-refractivity contribution in [1.29, 1.82) is 0 Å². The third kappa shape index (κ3) is 3.01. The second-order valence-electron chi connectivity index (χ2n) is 4.34. The van der Waals surface area contributed by atoms with Crippen LogP contribution in [0, 0.1) is 0 Å². The Kier molecular flexibility index (Phi) is 4.32. The molecule has 1 atom stereocenters. The van der Waals surface area contributed by atoms with Gasteiger partial charge in [-0.1, -0.05) is 23.2 Å². The number of hydrogen-bond acceptors (Lipinski definition) is 3. The highest BCUT2D eigenvalue weighted by molar-refractivity contribution is 6.35. The first-order valence-corrected chi connectivity index (χ1v) is 6.63. The zero-order valence-electron chi connectivity index (χ0n) is 10.4. The average molecular weight is 302 g/mol. The SMILES string of the molecule is COC(=O)[C@@H]1CCCN1C(=O)c1cc(Cl)cc(Cl)c1. The fraction of sp³-hybridized carbons (Fsp3) is 0.385. The van der Waals surface area contributed by atoms with Crippen LogP contribution in [0.4, 0.5) is 0 Å². The monoisotopic (exact) mass is 301 g/mol. The zero-order valence-corrected chi connectivity index (χ0v) is 11.9. The van der Waals surface area contributed by atoms with Crippen LogP contribution in [0.1, 0.15) is 23.2 Å². The van der Waals surface area contributed by atoms with Gasteiger partial charge in [-0.25, -0.2) is 4.79 Å². The molecule has 0 saturated carbocycles. The summed E-state index contributed by atoms with van der Waals surface area (Å²) < 4.78 is 4.71. The number of methoxy groups -OCH3 is 1. The van der Waals surface area contributed by atoms with E-state index < -0.39 is 6.04 Å². The second kappa shape index (κ2) is 5.80. The Morgan fingerprint density at radius 2 is 1.89 bits per heavy atom. The molecule has 2 rings (SSSR count). The Balaban J connectivity index is 2.25. The average Bonchev–Trinajstić information content (AvgIpc) is 2.84. The van der Waals surface area contributed by atoms with E-state index in [0.29, 0.717) is 28.6 Å². The lowest BCUT2D eigenvalue weighted by molar-refractivity contribution is -0.145. The lowest BCUT2D eigenvalue weighted by atomic mass is 10.1. The van der Waals surface area contributed by atoms with Crippen molar-refractivity contribution in [3.63, 3.8) is 0 Å². The standard InChI is InChI=1S/C13H13Cl2NO3/c1-19-13(18)11-3-2-4-16(11)12(17)8-5-9(14)7-10(15)6-8/h5-7,11H,2-4H2,1H3/t11-/m0/s1. The largest absolute Gasteiger partial charge is 0.467 e. The van der Waals surface area contributed by atoms with Crippen molar-refractivity contribution in [1.82, 2.24) is 4.90 Å². The zero-order chi connectivity index (χ0) is 14.0. The van der Waals surface area contributed by atoms with Crippen molar-refractivity contribution < 1.29 is 14.3 Å². The van der Waals surface area contributed by atoms with Crippen LogP contribution in [0.3, 0.4) is 0 Å². The van der Waals surface area contributed by atoms with Crippen molar-refractivity contribution in [2.75, 3.05) is 13.7 Å². The molecule has 0 radical (unpaired) electrons. The molecule has 4 nitrogen and oxygen atoms in total. The van der Waals surface area contributed by atoms with E-state index in [1.54, 1.807) is 18.2 Å². The summed E-state index contributed by atoms with van der Waals surface area (Å²) in [6, 6.07) is 4.13. The Morgan fingerprint density at radius 3 is 2.47 bits per heavy atom. The summed E-state index contributed by atoms with van der Waals surface area (Å²) in [6.07, 6.45) is 1.40. The first-order valence-electron chi connectivity index (χ1n) is 5.88. The van der Waals surface area contributed by atoms with Crippen molar-refractivity contribution in [3.8, 4) is 0 Å². The van der Waals surface area contributed by atoms with E-state index in [0.717, 1.165) is 6.42 Å². The fourth-order valence-electron chi connectivity index (χ4n) is 2.23. The molecule has 1 aliphatic heterocycles. The number of halogens is 2. The van der Waals surface area contributed by atoms with Crippen LogP contribution >= 0.6 is 23.2 Å². The molecule has 1 amide bonds. The fourth-order valence-corrected chi connectivity index (χ4v) is 2.76. The lowest BCUT2D eigenvalue weighted by Crippen LogP contribution is -2.41. The maximum Gasteiger partial charge on any atom is 0.328 e. The van der Waals surface area contributed by atoms with Crippen molar-refractivity contribution >= 4 is 35.1 Å². The Labute approximate surface area is 121 Å². The number of hydrogen-bond donors (Lipinski definition) is 0. The van der Waals surface area contributed by atoms with Crippen molar-refractivity contribution in [3.05, 3.63) is 33.8 Å². The topological polar surface area (TPSA) is 46.6 Å². The molecule has 1 saturated heterocycles. The summed E-state index contributed by atoms with van der Waals surface area (Å²) in [5.41, 5.74) is 0.383. The summed E-state index contributed by atoms with van der Waals surface area (Å²) in [5, 5.41) is 0.786. The number of amides is 1. The van der Waals surface area contributed by atoms with E-state index in [2.05, 4.69) is 0 Å². The maximum absolute atomic E-state index is 12.4. The predicted octanol–water partition coefficient (Wildman–Crippen LogP) is 2.77. The van der Waals surface area contributed by atoms with Crippen molar-refractivity contribution in [2.24, 2.45) is 0 Å². The molecule has 0 bridgehead atoms. The van der Waals surface area contributed by atoms with Gasteiger partial charge in [0.2, 0.25) is 0 Å². The molecule has 0 aliphatic carbocycles. The van der Waals surface area contributed by atoms with Crippen LogP contribution in [-0.2, 0) is 9.53 Å². The molecule has 6 heteroatoms. The predicted molar refractivity (Wildman–Crippen MR) is 72.5 cm³/mol. The van der Waals surface area contributed by atoms with Crippen LogP contribution in [-0.4, -0.2) is 36.5 Å². The lowest BCUT2D eigenvalue weighted by Gasteiger charge is -2.22. The molecule has 1 aliphatic rings. The van der Waals surface area contributed by atoms with Gasteiger partial charge in [0.05, 0.1) is 7.11 Å². The first-order chi connectivity index (χ1) is 9.02. The molecule has 0 spiro atoms. The minimum absolute atomic E-state index is 0.252. The van der Waals surface area contributed by atoms with Gasteiger partial charge in [-0.3, -0.25) is 4.79 Å². The minimum atomic E-state index is -0.518. The van der Waals surface area contributed by atoms with Gasteiger partial charge < -0.3 is 9.64 Å². The van der Waals surface area contributed by atoms with E-state index >= 15 is 0 Å². The highest BCUT2D eigenvalue weighted by Crippen LogP contribution is 2.24. The van der Waals surface area contributed by atoms with E-state index in [1.165, 1.54) is 12.0 Å². The number of ether oxygens (including phenoxy) is 1. The first kappa shape index (κ1) is 14.2. The van der Waals surface area contributed by atoms with Crippen LogP contribution in [0.2, 0.25) is 10.0 Å². The molecular weight excluding hydrogens is 289 g/mol. The van der Waals surface area contributed by atoms with Gasteiger partial charge in [0.15, 0.2) is 0 Å². The molecule has 1 fully saturated rings. The van der Waals surface area contributed by atoms with Gasteiger partial charge in [-0.2, -0.15) is 0 Å². The number of benzene rings is 1. The van der Waals surface area contributed by atoms with Gasteiger partial charge in [0.1, 0.15) is 6.04 Å². The van der Waals surface area contributed by atoms with Gasteiger partial charge in [0.25, 0.3) is 5.91 Å². The molecule has 1 aromatic carbocycles. The Bertz CT molecular complexity index is 498.